The first kappa shape index (κ1) is 17.4. The molecule has 0 aliphatic heterocycles. The SMILES string of the molecule is COC(=O)CCCCCNC(=O)CCCCCBr. The van der Waals surface area contributed by atoms with Crippen LogP contribution in [0.25, 0.3) is 0 Å². The molecule has 0 atom stereocenters. The fraction of sp³-hybridized carbons (Fsp3) is 0.846. The Morgan fingerprint density at radius 3 is 2.33 bits per heavy atom. The van der Waals surface area contributed by atoms with Crippen LogP contribution in [0.3, 0.4) is 0 Å². The zero-order valence-electron chi connectivity index (χ0n) is 11.2. The number of ether oxygens (including phenoxy) is 1. The second kappa shape index (κ2) is 12.9. The van der Waals surface area contributed by atoms with Gasteiger partial charge in [0.15, 0.2) is 0 Å². The van der Waals surface area contributed by atoms with Gasteiger partial charge in [0, 0.05) is 24.7 Å². The van der Waals surface area contributed by atoms with Gasteiger partial charge in [0.1, 0.15) is 0 Å². The Balaban J connectivity index is 3.22. The highest BCUT2D eigenvalue weighted by molar-refractivity contribution is 9.09. The number of nitrogens with one attached hydrogen (secondary N) is 1. The summed E-state index contributed by atoms with van der Waals surface area (Å²) >= 11 is 3.36. The summed E-state index contributed by atoms with van der Waals surface area (Å²) in [6, 6.07) is 0. The van der Waals surface area contributed by atoms with Gasteiger partial charge in [-0.1, -0.05) is 28.8 Å². The quantitative estimate of drug-likeness (QED) is 0.361. The lowest BCUT2D eigenvalue weighted by atomic mass is 10.2. The average molecular weight is 322 g/mol. The van der Waals surface area contributed by atoms with E-state index in [2.05, 4.69) is 26.0 Å². The molecule has 0 aromatic carbocycles. The van der Waals surface area contributed by atoms with Gasteiger partial charge in [-0.25, -0.2) is 0 Å². The lowest BCUT2D eigenvalue weighted by Gasteiger charge is -2.04. The van der Waals surface area contributed by atoms with E-state index in [9.17, 15) is 9.59 Å². The number of halogens is 1. The highest BCUT2D eigenvalue weighted by atomic mass is 79.9. The molecule has 0 heterocycles. The molecular formula is C13H24BrNO3. The third kappa shape index (κ3) is 11.9. The van der Waals surface area contributed by atoms with E-state index in [1.807, 2.05) is 0 Å². The van der Waals surface area contributed by atoms with Crippen molar-refractivity contribution in [2.75, 3.05) is 19.0 Å². The maximum Gasteiger partial charge on any atom is 0.305 e. The number of unbranched alkanes of at least 4 members (excludes halogenated alkanes) is 4. The molecule has 0 spiro atoms. The Bertz CT molecular complexity index is 234. The van der Waals surface area contributed by atoms with Crippen molar-refractivity contribution in [2.24, 2.45) is 0 Å². The van der Waals surface area contributed by atoms with Crippen LogP contribution in [-0.2, 0) is 14.3 Å². The lowest BCUT2D eigenvalue weighted by molar-refractivity contribution is -0.140. The van der Waals surface area contributed by atoms with Crippen molar-refractivity contribution in [3.05, 3.63) is 0 Å². The van der Waals surface area contributed by atoms with Crippen LogP contribution in [0.5, 0.6) is 0 Å². The molecule has 0 saturated heterocycles. The highest BCUT2D eigenvalue weighted by Gasteiger charge is 2.01. The van der Waals surface area contributed by atoms with Crippen LogP contribution in [0.4, 0.5) is 0 Å². The zero-order chi connectivity index (χ0) is 13.6. The molecule has 0 fully saturated rings. The molecule has 0 aliphatic rings. The first-order valence-corrected chi connectivity index (χ1v) is 7.72. The number of amides is 1. The normalized spacial score (nSPS) is 10.1. The second-order valence-electron chi connectivity index (χ2n) is 4.24. The molecule has 1 amide bonds. The minimum absolute atomic E-state index is 0.137. The highest BCUT2D eigenvalue weighted by Crippen LogP contribution is 2.02. The second-order valence-corrected chi connectivity index (χ2v) is 5.03. The Morgan fingerprint density at radius 1 is 1.00 bits per heavy atom. The topological polar surface area (TPSA) is 55.4 Å². The molecule has 1 N–H and O–H groups in total. The predicted octanol–water partition coefficient (Wildman–Crippen LogP) is 2.79. The minimum atomic E-state index is -0.161. The van der Waals surface area contributed by atoms with Crippen molar-refractivity contribution in [3.8, 4) is 0 Å². The minimum Gasteiger partial charge on any atom is -0.469 e. The van der Waals surface area contributed by atoms with Gasteiger partial charge in [-0.3, -0.25) is 9.59 Å². The summed E-state index contributed by atoms with van der Waals surface area (Å²) in [5, 5.41) is 3.90. The van der Waals surface area contributed by atoms with Crippen molar-refractivity contribution in [3.63, 3.8) is 0 Å². The van der Waals surface area contributed by atoms with Gasteiger partial charge in [-0.2, -0.15) is 0 Å². The van der Waals surface area contributed by atoms with Crippen LogP contribution in [-0.4, -0.2) is 30.9 Å². The van der Waals surface area contributed by atoms with Gasteiger partial charge in [0.2, 0.25) is 5.91 Å². The maximum atomic E-state index is 11.4. The summed E-state index contributed by atoms with van der Waals surface area (Å²) < 4.78 is 4.55. The van der Waals surface area contributed by atoms with E-state index < -0.39 is 0 Å². The van der Waals surface area contributed by atoms with Gasteiger partial charge in [0.05, 0.1) is 7.11 Å². The molecule has 106 valence electrons. The summed E-state index contributed by atoms with van der Waals surface area (Å²) in [5.74, 6) is -0.0247. The third-order valence-electron chi connectivity index (χ3n) is 2.64. The molecule has 0 aromatic rings. The summed E-state index contributed by atoms with van der Waals surface area (Å²) in [6.07, 6.45) is 6.96. The number of hydrogen-bond donors (Lipinski definition) is 1. The van der Waals surface area contributed by atoms with Gasteiger partial charge < -0.3 is 10.1 Å². The predicted molar refractivity (Wildman–Crippen MR) is 75.8 cm³/mol. The summed E-state index contributed by atoms with van der Waals surface area (Å²) in [6.45, 7) is 0.707. The first-order valence-electron chi connectivity index (χ1n) is 6.60. The maximum absolute atomic E-state index is 11.4. The zero-order valence-corrected chi connectivity index (χ0v) is 12.8. The molecule has 0 aromatic heterocycles. The van der Waals surface area contributed by atoms with E-state index >= 15 is 0 Å². The summed E-state index contributed by atoms with van der Waals surface area (Å²) in [7, 11) is 1.40. The largest absolute Gasteiger partial charge is 0.469 e. The smallest absolute Gasteiger partial charge is 0.305 e. The van der Waals surface area contributed by atoms with Crippen LogP contribution in [0, 0.1) is 0 Å². The van der Waals surface area contributed by atoms with Gasteiger partial charge in [0.25, 0.3) is 0 Å². The standard InChI is InChI=1S/C13H24BrNO3/c1-18-13(17)9-5-3-7-11-15-12(16)8-4-2-6-10-14/h2-11H2,1H3,(H,15,16). The van der Waals surface area contributed by atoms with Crippen molar-refractivity contribution in [1.82, 2.24) is 5.32 Å². The Morgan fingerprint density at radius 2 is 1.67 bits per heavy atom. The Hall–Kier alpha value is -0.580. The molecule has 18 heavy (non-hydrogen) atoms. The number of carbonyl (C=O) groups is 2. The Labute approximate surface area is 118 Å². The molecule has 0 saturated carbocycles. The third-order valence-corrected chi connectivity index (χ3v) is 3.21. The van der Waals surface area contributed by atoms with E-state index in [-0.39, 0.29) is 11.9 Å². The van der Waals surface area contributed by atoms with E-state index in [1.54, 1.807) is 0 Å². The number of hydrogen-bond acceptors (Lipinski definition) is 3. The molecule has 0 unspecified atom stereocenters. The van der Waals surface area contributed by atoms with Crippen LogP contribution in [0.2, 0.25) is 0 Å². The first-order chi connectivity index (χ1) is 8.70. The number of carbonyl (C=O) groups excluding carboxylic acids is 2. The number of rotatable bonds is 11. The van der Waals surface area contributed by atoms with Crippen molar-refractivity contribution >= 4 is 27.8 Å². The fourth-order valence-electron chi connectivity index (χ4n) is 1.55. The van der Waals surface area contributed by atoms with Crippen LogP contribution in [0.15, 0.2) is 0 Å². The Kier molecular flexibility index (Phi) is 12.5. The number of esters is 1. The summed E-state index contributed by atoms with van der Waals surface area (Å²) in [5.41, 5.74) is 0. The van der Waals surface area contributed by atoms with Gasteiger partial charge >= 0.3 is 5.97 Å². The molecule has 5 heteroatoms. The summed E-state index contributed by atoms with van der Waals surface area (Å²) in [4.78, 5) is 22.2. The molecule has 0 bridgehead atoms. The van der Waals surface area contributed by atoms with Crippen LogP contribution >= 0.6 is 15.9 Å². The van der Waals surface area contributed by atoms with Crippen molar-refractivity contribution in [1.29, 1.82) is 0 Å². The van der Waals surface area contributed by atoms with E-state index in [0.717, 1.165) is 43.9 Å². The van der Waals surface area contributed by atoms with Crippen LogP contribution < -0.4 is 5.32 Å². The molecule has 4 nitrogen and oxygen atoms in total. The number of alkyl halides is 1. The molecule has 0 rings (SSSR count). The number of methoxy groups -OCH3 is 1. The molecule has 0 radical (unpaired) electrons. The fourth-order valence-corrected chi connectivity index (χ4v) is 1.94. The van der Waals surface area contributed by atoms with Crippen molar-refractivity contribution in [2.45, 2.75) is 51.4 Å². The monoisotopic (exact) mass is 321 g/mol. The lowest BCUT2D eigenvalue weighted by Crippen LogP contribution is -2.24. The van der Waals surface area contributed by atoms with Gasteiger partial charge in [-0.05, 0) is 25.7 Å². The van der Waals surface area contributed by atoms with E-state index in [1.165, 1.54) is 7.11 Å². The van der Waals surface area contributed by atoms with E-state index in [0.29, 0.717) is 19.4 Å². The van der Waals surface area contributed by atoms with E-state index in [4.69, 9.17) is 0 Å². The molecule has 0 aliphatic carbocycles. The van der Waals surface area contributed by atoms with Gasteiger partial charge in [-0.15, -0.1) is 0 Å². The average Bonchev–Trinajstić information content (AvgIpc) is 2.38. The van der Waals surface area contributed by atoms with Crippen LogP contribution in [0.1, 0.15) is 51.4 Å². The van der Waals surface area contributed by atoms with Crippen molar-refractivity contribution < 1.29 is 14.3 Å². The molecular weight excluding hydrogens is 298 g/mol.